The molecule has 0 amide bonds. The Balaban J connectivity index is 1.11. The molecule has 3 aromatic heterocycles. The maximum Gasteiger partial charge on any atom is 0.119 e. The highest BCUT2D eigenvalue weighted by Gasteiger charge is 2.19. The molecule has 7 rings (SSSR count). The van der Waals surface area contributed by atoms with Gasteiger partial charge in [0.05, 0.1) is 55.0 Å². The van der Waals surface area contributed by atoms with Gasteiger partial charge in [0.2, 0.25) is 0 Å². The smallest absolute Gasteiger partial charge is 0.119 e. The lowest BCUT2D eigenvalue weighted by Gasteiger charge is -2.25. The maximum atomic E-state index is 5.41. The minimum absolute atomic E-state index is 0.787. The van der Waals surface area contributed by atoms with Gasteiger partial charge in [0.15, 0.2) is 0 Å². The molecule has 0 spiro atoms. The molecule has 0 radical (unpaired) electrons. The van der Waals surface area contributed by atoms with Crippen LogP contribution < -0.4 is 14.2 Å². The van der Waals surface area contributed by atoms with E-state index in [1.807, 2.05) is 54.6 Å². The molecule has 0 unspecified atom stereocenters. The van der Waals surface area contributed by atoms with Crippen LogP contribution in [0.15, 0.2) is 91.0 Å². The SMILES string of the molecule is COc1ccc2nc(CN3CCN(Cc4ccc5cc(OC)ccc5n4)CCN(Cc4ccc5cc(OC)ccc5n4)CC3)ccc2c1. The molecule has 48 heavy (non-hydrogen) atoms. The second-order valence-corrected chi connectivity index (χ2v) is 12.4. The van der Waals surface area contributed by atoms with Crippen LogP contribution in [0.2, 0.25) is 0 Å². The fourth-order valence-electron chi connectivity index (χ4n) is 6.43. The van der Waals surface area contributed by atoms with Crippen molar-refractivity contribution in [2.45, 2.75) is 19.6 Å². The normalized spacial score (nSPS) is 15.3. The molecule has 0 bridgehead atoms. The zero-order valence-corrected chi connectivity index (χ0v) is 27.9. The average Bonchev–Trinajstić information content (AvgIpc) is 3.21. The van der Waals surface area contributed by atoms with Gasteiger partial charge in [-0.15, -0.1) is 0 Å². The number of methoxy groups -OCH3 is 3. The Kier molecular flexibility index (Phi) is 9.60. The molecular weight excluding hydrogens is 600 g/mol. The van der Waals surface area contributed by atoms with Crippen LogP contribution in [0.3, 0.4) is 0 Å². The Hall–Kier alpha value is -4.83. The third-order valence-corrected chi connectivity index (χ3v) is 9.22. The number of pyridine rings is 3. The second kappa shape index (κ2) is 14.5. The fourth-order valence-corrected chi connectivity index (χ4v) is 6.43. The Bertz CT molecular complexity index is 1790. The van der Waals surface area contributed by atoms with Crippen LogP contribution in [0.4, 0.5) is 0 Å². The highest BCUT2D eigenvalue weighted by Crippen LogP contribution is 2.23. The minimum atomic E-state index is 0.787. The van der Waals surface area contributed by atoms with E-state index in [0.717, 1.165) is 126 Å². The van der Waals surface area contributed by atoms with Gasteiger partial charge >= 0.3 is 0 Å². The van der Waals surface area contributed by atoms with Crippen LogP contribution in [0.5, 0.6) is 17.2 Å². The van der Waals surface area contributed by atoms with E-state index in [1.165, 1.54) is 0 Å². The van der Waals surface area contributed by atoms with Crippen LogP contribution >= 0.6 is 0 Å². The number of benzene rings is 3. The van der Waals surface area contributed by atoms with Gasteiger partial charge in [-0.3, -0.25) is 29.7 Å². The Morgan fingerprint density at radius 3 is 0.979 bits per heavy atom. The molecule has 0 saturated carbocycles. The van der Waals surface area contributed by atoms with Gasteiger partial charge in [-0.2, -0.15) is 0 Å². The van der Waals surface area contributed by atoms with Crippen LogP contribution in [0, 0.1) is 0 Å². The summed E-state index contributed by atoms with van der Waals surface area (Å²) in [6, 6.07) is 31.0. The molecule has 0 N–H and O–H groups in total. The molecule has 9 nitrogen and oxygen atoms in total. The maximum absolute atomic E-state index is 5.41. The summed E-state index contributed by atoms with van der Waals surface area (Å²) in [5.41, 5.74) is 6.18. The van der Waals surface area contributed by atoms with Gasteiger partial charge in [0.1, 0.15) is 17.2 Å². The Labute approximate surface area is 281 Å². The van der Waals surface area contributed by atoms with Crippen molar-refractivity contribution in [1.82, 2.24) is 29.7 Å². The highest BCUT2D eigenvalue weighted by molar-refractivity contribution is 5.81. The molecule has 3 aromatic carbocycles. The molecule has 246 valence electrons. The van der Waals surface area contributed by atoms with Crippen molar-refractivity contribution in [3.63, 3.8) is 0 Å². The van der Waals surface area contributed by atoms with E-state index in [0.29, 0.717) is 0 Å². The van der Waals surface area contributed by atoms with Crippen molar-refractivity contribution < 1.29 is 14.2 Å². The van der Waals surface area contributed by atoms with E-state index in [2.05, 4.69) is 51.1 Å². The summed E-state index contributed by atoms with van der Waals surface area (Å²) in [4.78, 5) is 22.6. The van der Waals surface area contributed by atoms with E-state index in [4.69, 9.17) is 29.2 Å². The molecular formula is C39H42N6O3. The molecule has 1 aliphatic heterocycles. The highest BCUT2D eigenvalue weighted by atomic mass is 16.5. The predicted molar refractivity (Wildman–Crippen MR) is 191 cm³/mol. The van der Waals surface area contributed by atoms with Crippen molar-refractivity contribution >= 4 is 32.7 Å². The van der Waals surface area contributed by atoms with Crippen molar-refractivity contribution in [1.29, 1.82) is 0 Å². The van der Waals surface area contributed by atoms with Crippen molar-refractivity contribution in [2.75, 3.05) is 60.6 Å². The fraction of sp³-hybridized carbons (Fsp3) is 0.308. The van der Waals surface area contributed by atoms with Crippen molar-refractivity contribution in [2.24, 2.45) is 0 Å². The monoisotopic (exact) mass is 642 g/mol. The number of hydrogen-bond donors (Lipinski definition) is 0. The van der Waals surface area contributed by atoms with Gasteiger partial charge in [0.25, 0.3) is 0 Å². The minimum Gasteiger partial charge on any atom is -0.497 e. The molecule has 0 aliphatic carbocycles. The molecule has 1 saturated heterocycles. The predicted octanol–water partition coefficient (Wildman–Crippen LogP) is 6.18. The Morgan fingerprint density at radius 1 is 0.417 bits per heavy atom. The summed E-state index contributed by atoms with van der Waals surface area (Å²) in [5, 5.41) is 3.26. The van der Waals surface area contributed by atoms with E-state index in [1.54, 1.807) is 21.3 Å². The molecule has 0 atom stereocenters. The van der Waals surface area contributed by atoms with Crippen LogP contribution in [-0.4, -0.2) is 90.2 Å². The quantitative estimate of drug-likeness (QED) is 0.184. The summed E-state index contributed by atoms with van der Waals surface area (Å²) in [6.07, 6.45) is 0. The standard InChI is InChI=1S/C39H42N6O3/c1-46-34-10-13-37-28(22-34)4-7-31(40-37)25-43-16-18-44(26-32-8-5-29-23-35(47-2)11-14-38(29)41-32)20-21-45(19-17-43)27-33-9-6-30-24-36(48-3)12-15-39(30)42-33/h4-15,22-24H,16-21,25-27H2,1-3H3. The second-order valence-electron chi connectivity index (χ2n) is 12.4. The first-order chi connectivity index (χ1) is 23.5. The van der Waals surface area contributed by atoms with E-state index in [-0.39, 0.29) is 0 Å². The van der Waals surface area contributed by atoms with Crippen molar-refractivity contribution in [3.8, 4) is 17.2 Å². The number of fused-ring (bicyclic) bond motifs is 3. The topological polar surface area (TPSA) is 76.1 Å². The summed E-state index contributed by atoms with van der Waals surface area (Å²) in [7, 11) is 5.09. The molecule has 1 aliphatic rings. The van der Waals surface area contributed by atoms with Crippen LogP contribution in [0.25, 0.3) is 32.7 Å². The number of nitrogens with zero attached hydrogens (tertiary/aromatic N) is 6. The third-order valence-electron chi connectivity index (χ3n) is 9.22. The zero-order chi connectivity index (χ0) is 32.9. The van der Waals surface area contributed by atoms with Gasteiger partial charge in [0, 0.05) is 75.1 Å². The summed E-state index contributed by atoms with van der Waals surface area (Å²) in [5.74, 6) is 2.54. The van der Waals surface area contributed by atoms with Gasteiger partial charge < -0.3 is 14.2 Å². The number of ether oxygens (including phenoxy) is 3. The number of aromatic nitrogens is 3. The Morgan fingerprint density at radius 2 is 0.708 bits per heavy atom. The molecule has 4 heterocycles. The number of hydrogen-bond acceptors (Lipinski definition) is 9. The average molecular weight is 643 g/mol. The van der Waals surface area contributed by atoms with Gasteiger partial charge in [-0.1, -0.05) is 18.2 Å². The first-order valence-electron chi connectivity index (χ1n) is 16.5. The summed E-state index contributed by atoms with van der Waals surface area (Å²) in [6.45, 7) is 8.01. The first-order valence-corrected chi connectivity index (χ1v) is 16.5. The largest absolute Gasteiger partial charge is 0.497 e. The zero-order valence-electron chi connectivity index (χ0n) is 27.9. The lowest BCUT2D eigenvalue weighted by Crippen LogP contribution is -2.35. The van der Waals surface area contributed by atoms with Gasteiger partial charge in [-0.05, 0) is 72.8 Å². The lowest BCUT2D eigenvalue weighted by molar-refractivity contribution is 0.207. The van der Waals surface area contributed by atoms with Crippen molar-refractivity contribution in [3.05, 3.63) is 108 Å². The van der Waals surface area contributed by atoms with Gasteiger partial charge in [-0.25, -0.2) is 0 Å². The lowest BCUT2D eigenvalue weighted by atomic mass is 10.2. The first kappa shape index (κ1) is 31.8. The molecule has 1 fully saturated rings. The molecule has 9 heteroatoms. The van der Waals surface area contributed by atoms with E-state index in [9.17, 15) is 0 Å². The molecule has 6 aromatic rings. The van der Waals surface area contributed by atoms with Crippen LogP contribution in [-0.2, 0) is 19.6 Å². The van der Waals surface area contributed by atoms with E-state index >= 15 is 0 Å². The van der Waals surface area contributed by atoms with Crippen LogP contribution in [0.1, 0.15) is 17.1 Å². The number of rotatable bonds is 9. The third kappa shape index (κ3) is 7.49. The summed E-state index contributed by atoms with van der Waals surface area (Å²) < 4.78 is 16.2. The van der Waals surface area contributed by atoms with E-state index < -0.39 is 0 Å². The summed E-state index contributed by atoms with van der Waals surface area (Å²) >= 11 is 0.